The first kappa shape index (κ1) is 16.6. The molecule has 2 rings (SSSR count). The lowest BCUT2D eigenvalue weighted by Crippen LogP contribution is -2.40. The topological polar surface area (TPSA) is 56.8 Å². The summed E-state index contributed by atoms with van der Waals surface area (Å²) in [5, 5.41) is 3.00. The second-order valence-electron chi connectivity index (χ2n) is 5.34. The fourth-order valence-electron chi connectivity index (χ4n) is 2.57. The van der Waals surface area contributed by atoms with Crippen LogP contribution in [0.4, 0.5) is 0 Å². The van der Waals surface area contributed by atoms with Gasteiger partial charge in [0.25, 0.3) is 5.91 Å². The van der Waals surface area contributed by atoms with Gasteiger partial charge in [0.2, 0.25) is 0 Å². The molecule has 0 aromatic heterocycles. The monoisotopic (exact) mass is 307 g/mol. The molecule has 1 aliphatic heterocycles. The van der Waals surface area contributed by atoms with Gasteiger partial charge in [-0.25, -0.2) is 0 Å². The predicted molar refractivity (Wildman–Crippen MR) is 84.7 cm³/mol. The van der Waals surface area contributed by atoms with Crippen LogP contribution in [0.2, 0.25) is 0 Å². The normalized spacial score (nSPS) is 18.8. The number of carbonyl (C=O) groups excluding carboxylic acids is 1. The highest BCUT2D eigenvalue weighted by atomic mass is 16.5. The van der Waals surface area contributed by atoms with E-state index in [9.17, 15) is 4.79 Å². The lowest BCUT2D eigenvalue weighted by molar-refractivity contribution is 0.0712. The molecule has 1 N–H and O–H groups in total. The lowest BCUT2D eigenvalue weighted by atomic mass is 10.1. The van der Waals surface area contributed by atoms with Crippen molar-refractivity contribution < 1.29 is 19.0 Å². The van der Waals surface area contributed by atoms with Crippen molar-refractivity contribution >= 4 is 5.91 Å². The molecule has 5 nitrogen and oxygen atoms in total. The van der Waals surface area contributed by atoms with E-state index >= 15 is 0 Å². The van der Waals surface area contributed by atoms with Crippen molar-refractivity contribution in [3.8, 4) is 11.5 Å². The van der Waals surface area contributed by atoms with Gasteiger partial charge in [-0.1, -0.05) is 0 Å². The highest BCUT2D eigenvalue weighted by Gasteiger charge is 2.24. The van der Waals surface area contributed by atoms with Crippen molar-refractivity contribution in [2.24, 2.45) is 0 Å². The molecule has 0 radical (unpaired) electrons. The molecule has 0 bridgehead atoms. The van der Waals surface area contributed by atoms with Crippen LogP contribution in [0.3, 0.4) is 0 Å². The van der Waals surface area contributed by atoms with Crippen molar-refractivity contribution in [3.63, 3.8) is 0 Å². The van der Waals surface area contributed by atoms with Gasteiger partial charge in [-0.05, 0) is 51.8 Å². The predicted octanol–water partition coefficient (Wildman–Crippen LogP) is 2.78. The molecule has 22 heavy (non-hydrogen) atoms. The van der Waals surface area contributed by atoms with Crippen LogP contribution in [0.1, 0.15) is 44.0 Å². The number of ether oxygens (including phenoxy) is 3. The van der Waals surface area contributed by atoms with E-state index in [1.165, 1.54) is 0 Å². The molecule has 1 heterocycles. The number of carbonyl (C=O) groups is 1. The van der Waals surface area contributed by atoms with Gasteiger partial charge in [-0.3, -0.25) is 4.79 Å². The molecular formula is C17H25NO4. The van der Waals surface area contributed by atoms with E-state index in [0.29, 0.717) is 30.3 Å². The largest absolute Gasteiger partial charge is 0.490 e. The Labute approximate surface area is 131 Å². The van der Waals surface area contributed by atoms with Crippen molar-refractivity contribution in [2.45, 2.75) is 45.8 Å². The van der Waals surface area contributed by atoms with Gasteiger partial charge in [0, 0.05) is 12.2 Å². The summed E-state index contributed by atoms with van der Waals surface area (Å²) in [4.78, 5) is 12.4. The maximum atomic E-state index is 12.4. The van der Waals surface area contributed by atoms with Gasteiger partial charge in [0.1, 0.15) is 0 Å². The summed E-state index contributed by atoms with van der Waals surface area (Å²) in [6, 6.07) is 5.26. The van der Waals surface area contributed by atoms with Crippen molar-refractivity contribution in [2.75, 3.05) is 19.8 Å². The summed E-state index contributed by atoms with van der Waals surface area (Å²) in [6.45, 7) is 7.66. The minimum atomic E-state index is -0.119. The Bertz CT molecular complexity index is 497. The number of hydrogen-bond acceptors (Lipinski definition) is 4. The lowest BCUT2D eigenvalue weighted by Gasteiger charge is -2.20. The Morgan fingerprint density at radius 2 is 2.05 bits per heavy atom. The van der Waals surface area contributed by atoms with E-state index in [-0.39, 0.29) is 18.1 Å². The average Bonchev–Trinajstić information content (AvgIpc) is 3.04. The van der Waals surface area contributed by atoms with E-state index < -0.39 is 0 Å². The van der Waals surface area contributed by atoms with Gasteiger partial charge >= 0.3 is 0 Å². The second kappa shape index (κ2) is 8.03. The van der Waals surface area contributed by atoms with Gasteiger partial charge in [-0.2, -0.15) is 0 Å². The Kier molecular flexibility index (Phi) is 6.07. The minimum absolute atomic E-state index is 0.00267. The summed E-state index contributed by atoms with van der Waals surface area (Å²) >= 11 is 0. The molecule has 0 unspecified atom stereocenters. The average molecular weight is 307 g/mol. The fraction of sp³-hybridized carbons (Fsp3) is 0.588. The summed E-state index contributed by atoms with van der Waals surface area (Å²) in [6.07, 6.45) is 2.16. The van der Waals surface area contributed by atoms with Crippen LogP contribution in [0.15, 0.2) is 18.2 Å². The molecule has 1 fully saturated rings. The Morgan fingerprint density at radius 1 is 1.32 bits per heavy atom. The third-order valence-corrected chi connectivity index (χ3v) is 3.69. The van der Waals surface area contributed by atoms with Crippen LogP contribution < -0.4 is 14.8 Å². The maximum absolute atomic E-state index is 12.4. The van der Waals surface area contributed by atoms with Crippen LogP contribution in [-0.2, 0) is 4.74 Å². The van der Waals surface area contributed by atoms with E-state index in [4.69, 9.17) is 14.2 Å². The molecule has 2 atom stereocenters. The number of nitrogens with one attached hydrogen (secondary N) is 1. The third-order valence-electron chi connectivity index (χ3n) is 3.69. The Balaban J connectivity index is 2.06. The summed E-state index contributed by atoms with van der Waals surface area (Å²) < 4.78 is 16.7. The molecule has 1 aromatic rings. The minimum Gasteiger partial charge on any atom is -0.490 e. The third kappa shape index (κ3) is 4.13. The molecular weight excluding hydrogens is 282 g/mol. The zero-order valence-electron chi connectivity index (χ0n) is 13.6. The highest BCUT2D eigenvalue weighted by molar-refractivity contribution is 5.95. The molecule has 1 amide bonds. The molecule has 1 aromatic carbocycles. The van der Waals surface area contributed by atoms with E-state index in [2.05, 4.69) is 5.32 Å². The fourth-order valence-corrected chi connectivity index (χ4v) is 2.57. The van der Waals surface area contributed by atoms with Crippen molar-refractivity contribution in [3.05, 3.63) is 23.8 Å². The van der Waals surface area contributed by atoms with Gasteiger partial charge < -0.3 is 19.5 Å². The van der Waals surface area contributed by atoms with Gasteiger partial charge in [-0.15, -0.1) is 0 Å². The van der Waals surface area contributed by atoms with Crippen molar-refractivity contribution in [1.82, 2.24) is 5.32 Å². The van der Waals surface area contributed by atoms with Crippen LogP contribution >= 0.6 is 0 Å². The quantitative estimate of drug-likeness (QED) is 0.841. The van der Waals surface area contributed by atoms with Crippen LogP contribution in [0.5, 0.6) is 11.5 Å². The molecule has 0 spiro atoms. The first-order valence-electron chi connectivity index (χ1n) is 7.97. The standard InChI is InChI=1S/C17H25NO4/c1-4-20-15-9-8-13(11-16(15)21-5-2)17(19)18-12(3)14-7-6-10-22-14/h8-9,11-12,14H,4-7,10H2,1-3H3,(H,18,19)/t12-,14-/m1/s1. The van der Waals surface area contributed by atoms with Gasteiger partial charge in [0.05, 0.1) is 25.4 Å². The zero-order valence-corrected chi connectivity index (χ0v) is 13.6. The molecule has 1 aliphatic rings. The van der Waals surface area contributed by atoms with E-state index in [1.54, 1.807) is 18.2 Å². The number of hydrogen-bond donors (Lipinski definition) is 1. The summed E-state index contributed by atoms with van der Waals surface area (Å²) in [5.74, 6) is 1.14. The summed E-state index contributed by atoms with van der Waals surface area (Å²) in [7, 11) is 0. The number of amides is 1. The first-order valence-corrected chi connectivity index (χ1v) is 7.97. The zero-order chi connectivity index (χ0) is 15.9. The maximum Gasteiger partial charge on any atom is 0.251 e. The van der Waals surface area contributed by atoms with Crippen LogP contribution in [0, 0.1) is 0 Å². The van der Waals surface area contributed by atoms with Gasteiger partial charge in [0.15, 0.2) is 11.5 Å². The van der Waals surface area contributed by atoms with Crippen LogP contribution in [-0.4, -0.2) is 37.9 Å². The SMILES string of the molecule is CCOc1ccc(C(=O)N[C@H](C)[C@H]2CCCO2)cc1OCC. The van der Waals surface area contributed by atoms with E-state index in [0.717, 1.165) is 19.4 Å². The Morgan fingerprint density at radius 3 is 2.68 bits per heavy atom. The van der Waals surface area contributed by atoms with Crippen LogP contribution in [0.25, 0.3) is 0 Å². The summed E-state index contributed by atoms with van der Waals surface area (Å²) in [5.41, 5.74) is 0.566. The molecule has 122 valence electrons. The molecule has 0 aliphatic carbocycles. The number of benzene rings is 1. The number of rotatable bonds is 7. The first-order chi connectivity index (χ1) is 10.7. The Hall–Kier alpha value is -1.75. The van der Waals surface area contributed by atoms with E-state index in [1.807, 2.05) is 20.8 Å². The van der Waals surface area contributed by atoms with Crippen molar-refractivity contribution in [1.29, 1.82) is 0 Å². The smallest absolute Gasteiger partial charge is 0.251 e. The molecule has 1 saturated heterocycles. The molecule has 5 heteroatoms. The second-order valence-corrected chi connectivity index (χ2v) is 5.34. The highest BCUT2D eigenvalue weighted by Crippen LogP contribution is 2.28. The molecule has 0 saturated carbocycles.